The number of rotatable bonds is 5. The molecule has 7 nitrogen and oxygen atoms in total. The molecule has 1 aromatic rings. The molecule has 0 aromatic carbocycles. The fourth-order valence-electron chi connectivity index (χ4n) is 2.64. The lowest BCUT2D eigenvalue weighted by Gasteiger charge is -2.29. The minimum Gasteiger partial charge on any atom is -0.271 e. The number of hydrazine groups is 1. The van der Waals surface area contributed by atoms with Gasteiger partial charge >= 0.3 is 0 Å². The molecule has 108 valence electrons. The molecule has 1 aliphatic rings. The highest BCUT2D eigenvalue weighted by Crippen LogP contribution is 2.23. The van der Waals surface area contributed by atoms with Crippen LogP contribution in [0.4, 0.5) is 0 Å². The molecule has 0 radical (unpaired) electrons. The standard InChI is InChI=1S/C11H21N5O2S/c1-2-16-11(13-8-14-16)7-9(15-12)10-5-3-4-6-19(10,17)18/h8-10,15H,2-7,12H2,1H3. The lowest BCUT2D eigenvalue weighted by atomic mass is 10.0. The fourth-order valence-corrected chi connectivity index (χ4v) is 4.75. The van der Waals surface area contributed by atoms with Crippen LogP contribution in [0.5, 0.6) is 0 Å². The van der Waals surface area contributed by atoms with Crippen LogP contribution in [0.3, 0.4) is 0 Å². The lowest BCUT2D eigenvalue weighted by molar-refractivity contribution is 0.427. The van der Waals surface area contributed by atoms with Gasteiger partial charge in [-0.1, -0.05) is 6.42 Å². The molecule has 0 aliphatic carbocycles. The summed E-state index contributed by atoms with van der Waals surface area (Å²) >= 11 is 0. The second-order valence-corrected chi connectivity index (χ2v) is 7.21. The fraction of sp³-hybridized carbons (Fsp3) is 0.818. The van der Waals surface area contributed by atoms with Gasteiger partial charge in [0.1, 0.15) is 12.2 Å². The van der Waals surface area contributed by atoms with Gasteiger partial charge in [-0.3, -0.25) is 16.0 Å². The van der Waals surface area contributed by atoms with E-state index in [2.05, 4.69) is 15.5 Å². The highest BCUT2D eigenvalue weighted by Gasteiger charge is 2.35. The molecule has 0 amide bonds. The number of nitrogens with zero attached hydrogens (tertiary/aromatic N) is 3. The van der Waals surface area contributed by atoms with Crippen molar-refractivity contribution in [2.45, 2.75) is 50.4 Å². The zero-order chi connectivity index (χ0) is 13.9. The number of aryl methyl sites for hydroxylation is 1. The molecular weight excluding hydrogens is 266 g/mol. The summed E-state index contributed by atoms with van der Waals surface area (Å²) in [5.41, 5.74) is 2.66. The SMILES string of the molecule is CCn1ncnc1CC(NN)C1CCCCS1(=O)=O. The van der Waals surface area contributed by atoms with E-state index in [9.17, 15) is 8.42 Å². The zero-order valence-electron chi connectivity index (χ0n) is 11.1. The Labute approximate surface area is 113 Å². The normalized spacial score (nSPS) is 24.2. The van der Waals surface area contributed by atoms with Crippen molar-refractivity contribution in [2.24, 2.45) is 5.84 Å². The molecule has 1 aliphatic heterocycles. The Bertz CT molecular complexity index is 513. The van der Waals surface area contributed by atoms with Gasteiger partial charge in [-0.2, -0.15) is 5.10 Å². The van der Waals surface area contributed by atoms with Crippen LogP contribution in [0.15, 0.2) is 6.33 Å². The van der Waals surface area contributed by atoms with Gasteiger partial charge in [-0.15, -0.1) is 0 Å². The largest absolute Gasteiger partial charge is 0.271 e. The van der Waals surface area contributed by atoms with Gasteiger partial charge < -0.3 is 0 Å². The van der Waals surface area contributed by atoms with Gasteiger partial charge in [0.15, 0.2) is 9.84 Å². The summed E-state index contributed by atoms with van der Waals surface area (Å²) < 4.78 is 26.0. The van der Waals surface area contributed by atoms with Crippen LogP contribution in [0.25, 0.3) is 0 Å². The molecule has 19 heavy (non-hydrogen) atoms. The highest BCUT2D eigenvalue weighted by atomic mass is 32.2. The first-order valence-electron chi connectivity index (χ1n) is 6.63. The summed E-state index contributed by atoms with van der Waals surface area (Å²) in [5.74, 6) is 6.59. The first-order chi connectivity index (χ1) is 9.08. The molecule has 2 unspecified atom stereocenters. The van der Waals surface area contributed by atoms with E-state index >= 15 is 0 Å². The summed E-state index contributed by atoms with van der Waals surface area (Å²) in [5, 5.41) is 3.67. The molecule has 2 atom stereocenters. The van der Waals surface area contributed by atoms with Crippen LogP contribution in [0.2, 0.25) is 0 Å². The number of hydrogen-bond acceptors (Lipinski definition) is 6. The molecule has 1 saturated heterocycles. The lowest BCUT2D eigenvalue weighted by Crippen LogP contribution is -2.50. The molecule has 2 heterocycles. The van der Waals surface area contributed by atoms with Crippen LogP contribution in [0.1, 0.15) is 32.0 Å². The van der Waals surface area contributed by atoms with Crippen LogP contribution >= 0.6 is 0 Å². The van der Waals surface area contributed by atoms with E-state index in [1.54, 1.807) is 4.68 Å². The van der Waals surface area contributed by atoms with E-state index in [4.69, 9.17) is 5.84 Å². The Morgan fingerprint density at radius 2 is 2.37 bits per heavy atom. The molecule has 0 bridgehead atoms. The average Bonchev–Trinajstić information content (AvgIpc) is 2.83. The third kappa shape index (κ3) is 3.13. The Hall–Kier alpha value is -0.990. The Kier molecular flexibility index (Phi) is 4.54. The summed E-state index contributed by atoms with van der Waals surface area (Å²) in [7, 11) is -3.06. The van der Waals surface area contributed by atoms with E-state index in [1.165, 1.54) is 6.33 Å². The van der Waals surface area contributed by atoms with Crippen molar-refractivity contribution in [1.29, 1.82) is 0 Å². The maximum atomic E-state index is 12.1. The molecule has 8 heteroatoms. The number of sulfone groups is 1. The topological polar surface area (TPSA) is 103 Å². The summed E-state index contributed by atoms with van der Waals surface area (Å²) in [4.78, 5) is 4.18. The van der Waals surface area contributed by atoms with Gasteiger partial charge in [0.2, 0.25) is 0 Å². The van der Waals surface area contributed by atoms with Gasteiger partial charge in [0.05, 0.1) is 11.0 Å². The van der Waals surface area contributed by atoms with Crippen LogP contribution < -0.4 is 11.3 Å². The zero-order valence-corrected chi connectivity index (χ0v) is 11.9. The van der Waals surface area contributed by atoms with Gasteiger partial charge in [-0.25, -0.2) is 13.4 Å². The van der Waals surface area contributed by atoms with Crippen molar-refractivity contribution < 1.29 is 8.42 Å². The minimum atomic E-state index is -3.06. The van der Waals surface area contributed by atoms with Gasteiger partial charge in [0, 0.05) is 19.0 Å². The Morgan fingerprint density at radius 1 is 1.58 bits per heavy atom. The molecule has 0 spiro atoms. The third-order valence-corrected chi connectivity index (χ3v) is 6.03. The smallest absolute Gasteiger partial charge is 0.154 e. The van der Waals surface area contributed by atoms with E-state index in [0.717, 1.165) is 18.7 Å². The van der Waals surface area contributed by atoms with Gasteiger partial charge in [-0.05, 0) is 19.8 Å². The van der Waals surface area contributed by atoms with E-state index < -0.39 is 15.1 Å². The molecule has 1 aromatic heterocycles. The number of nitrogens with two attached hydrogens (primary N) is 1. The predicted octanol–water partition coefficient (Wildman–Crippen LogP) is -0.360. The number of aromatic nitrogens is 3. The average molecular weight is 287 g/mol. The van der Waals surface area contributed by atoms with Crippen molar-refractivity contribution >= 4 is 9.84 Å². The molecule has 1 fully saturated rings. The predicted molar refractivity (Wildman–Crippen MR) is 71.9 cm³/mol. The third-order valence-electron chi connectivity index (χ3n) is 3.69. The summed E-state index contributed by atoms with van der Waals surface area (Å²) in [6.07, 6.45) is 4.32. The minimum absolute atomic E-state index is 0.260. The molecule has 0 saturated carbocycles. The number of nitrogens with one attached hydrogen (secondary N) is 1. The van der Waals surface area contributed by atoms with Crippen LogP contribution in [-0.2, 0) is 22.8 Å². The molecule has 2 rings (SSSR count). The second-order valence-electron chi connectivity index (χ2n) is 4.87. The second kappa shape index (κ2) is 5.98. The maximum absolute atomic E-state index is 12.1. The Balaban J connectivity index is 2.16. The summed E-state index contributed by atoms with van der Waals surface area (Å²) in [6.45, 7) is 2.68. The van der Waals surface area contributed by atoms with Crippen molar-refractivity contribution in [2.75, 3.05) is 5.75 Å². The van der Waals surface area contributed by atoms with Crippen molar-refractivity contribution in [1.82, 2.24) is 20.2 Å². The first-order valence-corrected chi connectivity index (χ1v) is 8.34. The number of hydrogen-bond donors (Lipinski definition) is 2. The maximum Gasteiger partial charge on any atom is 0.154 e. The van der Waals surface area contributed by atoms with Crippen molar-refractivity contribution in [3.63, 3.8) is 0 Å². The van der Waals surface area contributed by atoms with E-state index in [1.807, 2.05) is 6.92 Å². The van der Waals surface area contributed by atoms with Crippen molar-refractivity contribution in [3.05, 3.63) is 12.2 Å². The molecule has 3 N–H and O–H groups in total. The monoisotopic (exact) mass is 287 g/mol. The van der Waals surface area contributed by atoms with Gasteiger partial charge in [0.25, 0.3) is 0 Å². The van der Waals surface area contributed by atoms with Crippen LogP contribution in [-0.4, -0.2) is 40.2 Å². The van der Waals surface area contributed by atoms with Crippen LogP contribution in [0, 0.1) is 0 Å². The first kappa shape index (κ1) is 14.4. The quantitative estimate of drug-likeness (QED) is 0.566. The molecular formula is C11H21N5O2S. The highest BCUT2D eigenvalue weighted by molar-refractivity contribution is 7.92. The van der Waals surface area contributed by atoms with E-state index in [-0.39, 0.29) is 11.8 Å². The van der Waals surface area contributed by atoms with Crippen molar-refractivity contribution in [3.8, 4) is 0 Å². The summed E-state index contributed by atoms with van der Waals surface area (Å²) in [6, 6.07) is -0.306. The Morgan fingerprint density at radius 3 is 3.00 bits per heavy atom. The van der Waals surface area contributed by atoms with E-state index in [0.29, 0.717) is 19.4 Å².